The molecule has 0 atom stereocenters. The van der Waals surface area contributed by atoms with Crippen LogP contribution in [0.15, 0.2) is 27.3 Å². The summed E-state index contributed by atoms with van der Waals surface area (Å²) in [5, 5.41) is 10.9. The number of carbonyl (C=O) groups excluding carboxylic acids is 1. The van der Waals surface area contributed by atoms with Crippen LogP contribution < -0.4 is 5.32 Å². The molecule has 0 aliphatic carbocycles. The highest BCUT2D eigenvalue weighted by atomic mass is 32.2. The van der Waals surface area contributed by atoms with Crippen molar-refractivity contribution in [3.05, 3.63) is 23.3 Å². The van der Waals surface area contributed by atoms with Gasteiger partial charge in [-0.25, -0.2) is 8.42 Å². The van der Waals surface area contributed by atoms with E-state index in [1.54, 1.807) is 19.9 Å². The fourth-order valence-electron chi connectivity index (χ4n) is 3.01. The van der Waals surface area contributed by atoms with Crippen LogP contribution in [0.25, 0.3) is 0 Å². The number of sulfonamides is 1. The molecule has 1 aliphatic heterocycles. The molecule has 1 amide bonds. The number of aryl methyl sites for hydroxylation is 1. The van der Waals surface area contributed by atoms with Crippen LogP contribution >= 0.6 is 0 Å². The maximum Gasteiger partial charge on any atom is 0.243 e. The SMILES string of the molecule is C#CCCC1(CCC(=O)Nc2cc(S(=O)(=O)N(CC)CC)cc(C)c2C)N=N1. The van der Waals surface area contributed by atoms with E-state index in [0.717, 1.165) is 11.1 Å². The third-order valence-corrected chi connectivity index (χ3v) is 7.09. The minimum Gasteiger partial charge on any atom is -0.326 e. The Morgan fingerprint density at radius 2 is 1.86 bits per heavy atom. The molecule has 7 nitrogen and oxygen atoms in total. The number of anilines is 1. The van der Waals surface area contributed by atoms with E-state index in [-0.39, 0.29) is 17.2 Å². The van der Waals surface area contributed by atoms with Crippen molar-refractivity contribution < 1.29 is 13.2 Å². The molecule has 28 heavy (non-hydrogen) atoms. The molecule has 1 aromatic carbocycles. The molecular weight excluding hydrogens is 376 g/mol. The van der Waals surface area contributed by atoms with Crippen LogP contribution in [-0.2, 0) is 14.8 Å². The Balaban J connectivity index is 2.14. The first-order valence-corrected chi connectivity index (χ1v) is 10.9. The van der Waals surface area contributed by atoms with Gasteiger partial charge in [0.1, 0.15) is 0 Å². The normalized spacial score (nSPS) is 14.7. The third-order valence-electron chi connectivity index (χ3n) is 5.06. The van der Waals surface area contributed by atoms with Crippen molar-refractivity contribution in [3.63, 3.8) is 0 Å². The van der Waals surface area contributed by atoms with Crippen LogP contribution in [-0.4, -0.2) is 37.4 Å². The minimum atomic E-state index is -3.60. The van der Waals surface area contributed by atoms with Gasteiger partial charge in [0, 0.05) is 44.5 Å². The van der Waals surface area contributed by atoms with Crippen molar-refractivity contribution in [2.75, 3.05) is 18.4 Å². The highest BCUT2D eigenvalue weighted by Crippen LogP contribution is 2.37. The van der Waals surface area contributed by atoms with Gasteiger partial charge in [-0.15, -0.1) is 12.3 Å². The molecule has 1 heterocycles. The van der Waals surface area contributed by atoms with Crippen molar-refractivity contribution >= 4 is 21.6 Å². The average Bonchev–Trinajstić information content (AvgIpc) is 3.43. The Hall–Kier alpha value is -2.24. The lowest BCUT2D eigenvalue weighted by Crippen LogP contribution is -2.30. The number of benzene rings is 1. The first-order valence-electron chi connectivity index (χ1n) is 9.48. The van der Waals surface area contributed by atoms with Gasteiger partial charge in [0.05, 0.1) is 4.90 Å². The van der Waals surface area contributed by atoms with Crippen molar-refractivity contribution in [3.8, 4) is 12.3 Å². The summed E-state index contributed by atoms with van der Waals surface area (Å²) in [6.07, 6.45) is 7.23. The largest absolute Gasteiger partial charge is 0.326 e. The molecule has 1 aliphatic rings. The molecule has 2 rings (SSSR count). The van der Waals surface area contributed by atoms with Crippen LogP contribution in [0.1, 0.15) is 50.7 Å². The highest BCUT2D eigenvalue weighted by Gasteiger charge is 2.39. The molecule has 0 saturated heterocycles. The summed E-state index contributed by atoms with van der Waals surface area (Å²) in [4.78, 5) is 12.6. The van der Waals surface area contributed by atoms with E-state index in [9.17, 15) is 13.2 Å². The number of terminal acetylenes is 1. The second-order valence-electron chi connectivity index (χ2n) is 6.94. The van der Waals surface area contributed by atoms with E-state index in [0.29, 0.717) is 38.0 Å². The van der Waals surface area contributed by atoms with E-state index < -0.39 is 15.7 Å². The van der Waals surface area contributed by atoms with Crippen molar-refractivity contribution in [1.29, 1.82) is 0 Å². The van der Waals surface area contributed by atoms with Crippen LogP contribution in [0.5, 0.6) is 0 Å². The highest BCUT2D eigenvalue weighted by molar-refractivity contribution is 7.89. The van der Waals surface area contributed by atoms with E-state index >= 15 is 0 Å². The van der Waals surface area contributed by atoms with Gasteiger partial charge in [-0.1, -0.05) is 13.8 Å². The maximum absolute atomic E-state index is 12.8. The molecular formula is C20H28N4O3S. The van der Waals surface area contributed by atoms with Gasteiger partial charge in [0.25, 0.3) is 0 Å². The molecule has 0 saturated carbocycles. The maximum atomic E-state index is 12.8. The molecule has 1 N–H and O–H groups in total. The lowest BCUT2D eigenvalue weighted by Gasteiger charge is -2.20. The number of nitrogens with one attached hydrogen (secondary N) is 1. The van der Waals surface area contributed by atoms with Gasteiger partial charge in [-0.3, -0.25) is 4.79 Å². The molecule has 0 spiro atoms. The number of nitrogens with zero attached hydrogens (tertiary/aromatic N) is 3. The third kappa shape index (κ3) is 4.97. The van der Waals surface area contributed by atoms with E-state index in [1.807, 2.05) is 13.8 Å². The van der Waals surface area contributed by atoms with Gasteiger partial charge in [-0.05, 0) is 37.1 Å². The number of amides is 1. The van der Waals surface area contributed by atoms with Gasteiger partial charge in [0.2, 0.25) is 15.9 Å². The molecule has 8 heteroatoms. The summed E-state index contributed by atoms with van der Waals surface area (Å²) in [5.41, 5.74) is 1.65. The Bertz CT molecular complexity index is 906. The Labute approximate surface area is 167 Å². The summed E-state index contributed by atoms with van der Waals surface area (Å²) in [6.45, 7) is 8.08. The predicted octanol–water partition coefficient (Wildman–Crippen LogP) is 3.63. The van der Waals surface area contributed by atoms with Crippen LogP contribution in [0.2, 0.25) is 0 Å². The van der Waals surface area contributed by atoms with Crippen LogP contribution in [0.4, 0.5) is 5.69 Å². The number of hydrogen-bond donors (Lipinski definition) is 1. The summed E-state index contributed by atoms with van der Waals surface area (Å²) in [6, 6.07) is 3.18. The van der Waals surface area contributed by atoms with E-state index in [1.165, 1.54) is 10.4 Å². The quantitative estimate of drug-likeness (QED) is 0.604. The second-order valence-corrected chi connectivity index (χ2v) is 8.87. The van der Waals surface area contributed by atoms with Crippen LogP contribution in [0, 0.1) is 26.2 Å². The fraction of sp³-hybridized carbons (Fsp3) is 0.550. The molecule has 0 aromatic heterocycles. The monoisotopic (exact) mass is 404 g/mol. The average molecular weight is 405 g/mol. The van der Waals surface area contributed by atoms with Crippen molar-refractivity contribution in [2.24, 2.45) is 10.2 Å². The zero-order chi connectivity index (χ0) is 20.9. The zero-order valence-electron chi connectivity index (χ0n) is 16.9. The molecule has 0 bridgehead atoms. The van der Waals surface area contributed by atoms with Gasteiger partial charge in [0.15, 0.2) is 5.66 Å². The van der Waals surface area contributed by atoms with Gasteiger partial charge >= 0.3 is 0 Å². The molecule has 152 valence electrons. The summed E-state index contributed by atoms with van der Waals surface area (Å²) >= 11 is 0. The summed E-state index contributed by atoms with van der Waals surface area (Å²) < 4.78 is 27.1. The second kappa shape index (κ2) is 8.84. The molecule has 0 fully saturated rings. The smallest absolute Gasteiger partial charge is 0.243 e. The molecule has 0 radical (unpaired) electrons. The standard InChI is InChI=1S/C20H28N4O3S/c1-6-9-11-20(22-23-20)12-10-19(25)21-18-14-17(13-15(4)16(18)5)28(26,27)24(7-2)8-3/h1,13-14H,7-12H2,2-5H3,(H,21,25). The number of rotatable bonds is 10. The lowest BCUT2D eigenvalue weighted by atomic mass is 10.0. The summed E-state index contributed by atoms with van der Waals surface area (Å²) in [5.74, 6) is 2.37. The summed E-state index contributed by atoms with van der Waals surface area (Å²) in [7, 11) is -3.60. The Morgan fingerprint density at radius 3 is 2.39 bits per heavy atom. The minimum absolute atomic E-state index is 0.187. The first-order chi connectivity index (χ1) is 13.2. The molecule has 1 aromatic rings. The first kappa shape index (κ1) is 22.1. The fourth-order valence-corrected chi connectivity index (χ4v) is 4.58. The van der Waals surface area contributed by atoms with E-state index in [4.69, 9.17) is 6.42 Å². The Morgan fingerprint density at radius 1 is 1.21 bits per heavy atom. The lowest BCUT2D eigenvalue weighted by molar-refractivity contribution is -0.116. The van der Waals surface area contributed by atoms with Crippen molar-refractivity contribution in [1.82, 2.24) is 4.31 Å². The van der Waals surface area contributed by atoms with E-state index in [2.05, 4.69) is 21.5 Å². The number of carbonyl (C=O) groups is 1. The Kier molecular flexibility index (Phi) is 6.96. The predicted molar refractivity (Wildman–Crippen MR) is 110 cm³/mol. The van der Waals surface area contributed by atoms with Gasteiger partial charge in [-0.2, -0.15) is 14.5 Å². The van der Waals surface area contributed by atoms with Crippen LogP contribution in [0.3, 0.4) is 0 Å². The molecule has 0 unspecified atom stereocenters. The topological polar surface area (TPSA) is 91.2 Å². The number of hydrogen-bond acceptors (Lipinski definition) is 5. The zero-order valence-corrected chi connectivity index (χ0v) is 17.8. The van der Waals surface area contributed by atoms with Crippen molar-refractivity contribution in [2.45, 2.75) is 63.9 Å². The van der Waals surface area contributed by atoms with Gasteiger partial charge < -0.3 is 5.32 Å².